The van der Waals surface area contributed by atoms with Crippen LogP contribution >= 0.6 is 0 Å². The molecule has 3 atom stereocenters. The van der Waals surface area contributed by atoms with E-state index >= 15 is 0 Å². The number of aliphatic hydroxyl groups is 1. The number of hydrogen-bond donors (Lipinski definition) is 2. The Morgan fingerprint density at radius 1 is 1.29 bits per heavy atom. The maximum Gasteiger partial charge on any atom is 0.303 e. The first kappa shape index (κ1) is 17.9. The molecule has 120 valence electrons. The average Bonchev–Trinajstić information content (AvgIpc) is 2.74. The normalized spacial score (nSPS) is 26.4. The van der Waals surface area contributed by atoms with Crippen LogP contribution in [-0.4, -0.2) is 28.1 Å². The van der Waals surface area contributed by atoms with Gasteiger partial charge < -0.3 is 10.2 Å². The van der Waals surface area contributed by atoms with Crippen LogP contribution in [0.1, 0.15) is 59.3 Å². The van der Waals surface area contributed by atoms with Crippen molar-refractivity contribution in [2.75, 3.05) is 0 Å². The van der Waals surface area contributed by atoms with Gasteiger partial charge in [0.2, 0.25) is 0 Å². The SMILES string of the molecule is CCCCC(C)(C)C(=O)/C=C/C1CCC(O)C1CC(=O)O. The number of aliphatic carboxylic acids is 1. The van der Waals surface area contributed by atoms with Crippen molar-refractivity contribution in [2.24, 2.45) is 17.3 Å². The highest BCUT2D eigenvalue weighted by Gasteiger charge is 2.35. The molecule has 1 saturated carbocycles. The van der Waals surface area contributed by atoms with Crippen molar-refractivity contribution in [2.45, 2.75) is 65.4 Å². The van der Waals surface area contributed by atoms with E-state index in [0.29, 0.717) is 6.42 Å². The number of carboxylic acid groups (broad SMARTS) is 1. The molecule has 4 nitrogen and oxygen atoms in total. The summed E-state index contributed by atoms with van der Waals surface area (Å²) in [7, 11) is 0. The largest absolute Gasteiger partial charge is 0.481 e. The van der Waals surface area contributed by atoms with Gasteiger partial charge in [-0.05, 0) is 31.3 Å². The molecule has 0 heterocycles. The topological polar surface area (TPSA) is 74.6 Å². The van der Waals surface area contributed by atoms with E-state index in [1.807, 2.05) is 19.9 Å². The number of carbonyl (C=O) groups excluding carboxylic acids is 1. The monoisotopic (exact) mass is 296 g/mol. The van der Waals surface area contributed by atoms with Crippen LogP contribution in [-0.2, 0) is 9.59 Å². The molecule has 0 aliphatic heterocycles. The lowest BCUT2D eigenvalue weighted by atomic mass is 9.82. The average molecular weight is 296 g/mol. The Balaban J connectivity index is 2.65. The van der Waals surface area contributed by atoms with Gasteiger partial charge in [-0.25, -0.2) is 0 Å². The van der Waals surface area contributed by atoms with Gasteiger partial charge in [0.25, 0.3) is 0 Å². The van der Waals surface area contributed by atoms with Crippen molar-refractivity contribution in [1.29, 1.82) is 0 Å². The fraction of sp³-hybridized carbons (Fsp3) is 0.765. The summed E-state index contributed by atoms with van der Waals surface area (Å²) in [6.45, 7) is 6.01. The minimum absolute atomic E-state index is 0.0120. The molecule has 2 N–H and O–H groups in total. The molecule has 0 radical (unpaired) electrons. The number of allylic oxidation sites excluding steroid dienone is 2. The summed E-state index contributed by atoms with van der Waals surface area (Å²) in [5.74, 6) is -1.09. The second-order valence-corrected chi connectivity index (χ2v) is 6.78. The van der Waals surface area contributed by atoms with E-state index in [9.17, 15) is 14.7 Å². The van der Waals surface area contributed by atoms with Crippen molar-refractivity contribution in [3.8, 4) is 0 Å². The quantitative estimate of drug-likeness (QED) is 0.675. The Morgan fingerprint density at radius 3 is 2.52 bits per heavy atom. The molecule has 0 saturated heterocycles. The number of carbonyl (C=O) groups is 2. The predicted octanol–water partition coefficient (Wildman–Crippen LogP) is 3.19. The molecule has 0 spiro atoms. The summed E-state index contributed by atoms with van der Waals surface area (Å²) in [5, 5.41) is 18.8. The Bertz CT molecular complexity index is 398. The van der Waals surface area contributed by atoms with Gasteiger partial charge in [0.1, 0.15) is 0 Å². The van der Waals surface area contributed by atoms with Gasteiger partial charge >= 0.3 is 5.97 Å². The lowest BCUT2D eigenvalue weighted by Crippen LogP contribution is -2.24. The molecule has 0 aromatic rings. The molecular weight excluding hydrogens is 268 g/mol. The first-order valence-corrected chi connectivity index (χ1v) is 7.90. The van der Waals surface area contributed by atoms with Crippen LogP contribution in [0.25, 0.3) is 0 Å². The van der Waals surface area contributed by atoms with Gasteiger partial charge in [-0.3, -0.25) is 9.59 Å². The van der Waals surface area contributed by atoms with Gasteiger partial charge in [0.15, 0.2) is 5.78 Å². The molecule has 1 aliphatic carbocycles. The second-order valence-electron chi connectivity index (χ2n) is 6.78. The van der Waals surface area contributed by atoms with Crippen molar-refractivity contribution < 1.29 is 19.8 Å². The van der Waals surface area contributed by atoms with Crippen LogP contribution in [0.5, 0.6) is 0 Å². The van der Waals surface area contributed by atoms with Crippen LogP contribution in [0, 0.1) is 17.3 Å². The molecule has 1 rings (SSSR count). The van der Waals surface area contributed by atoms with Crippen LogP contribution < -0.4 is 0 Å². The minimum atomic E-state index is -0.894. The van der Waals surface area contributed by atoms with Crippen molar-refractivity contribution in [3.05, 3.63) is 12.2 Å². The van der Waals surface area contributed by atoms with Crippen LogP contribution in [0.3, 0.4) is 0 Å². The molecule has 4 heteroatoms. The van der Waals surface area contributed by atoms with Crippen molar-refractivity contribution >= 4 is 11.8 Å². The third-order valence-electron chi connectivity index (χ3n) is 4.57. The lowest BCUT2D eigenvalue weighted by Gasteiger charge is -2.22. The highest BCUT2D eigenvalue weighted by molar-refractivity contribution is 5.94. The number of ketones is 1. The molecule has 3 unspecified atom stereocenters. The molecule has 1 fully saturated rings. The Kier molecular flexibility index (Phi) is 6.59. The highest BCUT2D eigenvalue weighted by atomic mass is 16.4. The van der Waals surface area contributed by atoms with E-state index in [1.165, 1.54) is 0 Å². The molecule has 1 aliphatic rings. The Morgan fingerprint density at radius 2 is 1.95 bits per heavy atom. The van der Waals surface area contributed by atoms with Gasteiger partial charge in [0, 0.05) is 11.3 Å². The van der Waals surface area contributed by atoms with E-state index < -0.39 is 12.1 Å². The van der Waals surface area contributed by atoms with Crippen LogP contribution in [0.4, 0.5) is 0 Å². The fourth-order valence-electron chi connectivity index (χ4n) is 2.98. The highest BCUT2D eigenvalue weighted by Crippen LogP contribution is 2.36. The van der Waals surface area contributed by atoms with Gasteiger partial charge in [-0.15, -0.1) is 0 Å². The molecule has 21 heavy (non-hydrogen) atoms. The summed E-state index contributed by atoms with van der Waals surface area (Å²) in [6.07, 6.45) is 7.12. The summed E-state index contributed by atoms with van der Waals surface area (Å²) in [4.78, 5) is 23.1. The van der Waals surface area contributed by atoms with Gasteiger partial charge in [-0.1, -0.05) is 39.7 Å². The Labute approximate surface area is 127 Å². The van der Waals surface area contributed by atoms with E-state index in [2.05, 4.69) is 6.92 Å². The lowest BCUT2D eigenvalue weighted by molar-refractivity contribution is -0.139. The van der Waals surface area contributed by atoms with Gasteiger partial charge in [-0.2, -0.15) is 0 Å². The first-order chi connectivity index (χ1) is 9.77. The summed E-state index contributed by atoms with van der Waals surface area (Å²) in [6, 6.07) is 0. The zero-order valence-corrected chi connectivity index (χ0v) is 13.3. The van der Waals surface area contributed by atoms with E-state index in [-0.39, 0.29) is 29.5 Å². The zero-order chi connectivity index (χ0) is 16.0. The third-order valence-corrected chi connectivity index (χ3v) is 4.57. The summed E-state index contributed by atoms with van der Waals surface area (Å²) >= 11 is 0. The maximum absolute atomic E-state index is 12.3. The van der Waals surface area contributed by atoms with Crippen LogP contribution in [0.15, 0.2) is 12.2 Å². The molecular formula is C17H28O4. The van der Waals surface area contributed by atoms with Crippen molar-refractivity contribution in [1.82, 2.24) is 0 Å². The van der Waals surface area contributed by atoms with E-state index in [1.54, 1.807) is 6.08 Å². The number of unbranched alkanes of at least 4 members (excludes halogenated alkanes) is 1. The summed E-state index contributed by atoms with van der Waals surface area (Å²) < 4.78 is 0. The number of hydrogen-bond acceptors (Lipinski definition) is 3. The Hall–Kier alpha value is -1.16. The van der Waals surface area contributed by atoms with Gasteiger partial charge in [0.05, 0.1) is 12.5 Å². The second kappa shape index (κ2) is 7.74. The molecule has 0 amide bonds. The van der Waals surface area contributed by atoms with Crippen molar-refractivity contribution in [3.63, 3.8) is 0 Å². The maximum atomic E-state index is 12.3. The molecule has 0 aromatic heterocycles. The minimum Gasteiger partial charge on any atom is -0.481 e. The molecule has 0 aromatic carbocycles. The third kappa shape index (κ3) is 5.27. The predicted molar refractivity (Wildman–Crippen MR) is 81.9 cm³/mol. The standard InChI is InChI=1S/C17H28O4/c1-4-5-10-17(2,3)15(19)9-7-12-6-8-14(18)13(12)11-16(20)21/h7,9,12-14,18H,4-6,8,10-11H2,1-3H3,(H,20,21)/b9-7+. The number of aliphatic hydroxyl groups excluding tert-OH is 1. The molecule has 0 bridgehead atoms. The zero-order valence-electron chi connectivity index (χ0n) is 13.3. The number of rotatable bonds is 8. The summed E-state index contributed by atoms with van der Waals surface area (Å²) in [5.41, 5.74) is -0.369. The smallest absolute Gasteiger partial charge is 0.303 e. The fourth-order valence-corrected chi connectivity index (χ4v) is 2.98. The van der Waals surface area contributed by atoms with E-state index in [4.69, 9.17) is 5.11 Å². The first-order valence-electron chi connectivity index (χ1n) is 7.90. The number of carboxylic acids is 1. The van der Waals surface area contributed by atoms with E-state index in [0.717, 1.165) is 25.7 Å². The van der Waals surface area contributed by atoms with Crippen LogP contribution in [0.2, 0.25) is 0 Å².